The van der Waals surface area contributed by atoms with E-state index in [-0.39, 0.29) is 5.91 Å². The summed E-state index contributed by atoms with van der Waals surface area (Å²) < 4.78 is 0. The molecular formula is C16H13N5O. The zero-order chi connectivity index (χ0) is 15.5. The van der Waals surface area contributed by atoms with Crippen molar-refractivity contribution < 1.29 is 4.79 Å². The first kappa shape index (κ1) is 13.6. The van der Waals surface area contributed by atoms with Crippen molar-refractivity contribution in [3.63, 3.8) is 0 Å². The third-order valence-corrected chi connectivity index (χ3v) is 3.02. The molecule has 0 spiro atoms. The molecule has 3 rings (SSSR count). The zero-order valence-corrected chi connectivity index (χ0v) is 11.8. The number of aromatic amines is 1. The number of aromatic nitrogens is 3. The maximum atomic E-state index is 11.1. The van der Waals surface area contributed by atoms with Crippen LogP contribution in [0.3, 0.4) is 0 Å². The number of hydrogen-bond acceptors (Lipinski definition) is 4. The Morgan fingerprint density at radius 1 is 1.32 bits per heavy atom. The predicted molar refractivity (Wildman–Crippen MR) is 85.0 cm³/mol. The van der Waals surface area contributed by atoms with Gasteiger partial charge in [0.05, 0.1) is 10.9 Å². The highest BCUT2D eigenvalue weighted by molar-refractivity contribution is 5.92. The number of benzene rings is 1. The minimum absolute atomic E-state index is 0.119. The van der Waals surface area contributed by atoms with E-state index in [1.165, 1.54) is 13.3 Å². The van der Waals surface area contributed by atoms with Crippen LogP contribution in [0.2, 0.25) is 0 Å². The summed E-state index contributed by atoms with van der Waals surface area (Å²) in [6, 6.07) is 7.32. The summed E-state index contributed by atoms with van der Waals surface area (Å²) in [7, 11) is 0. The fourth-order valence-electron chi connectivity index (χ4n) is 2.10. The smallest absolute Gasteiger partial charge is 0.221 e. The highest BCUT2D eigenvalue weighted by Gasteiger charge is 2.06. The molecule has 0 aliphatic heterocycles. The molecule has 0 bridgehead atoms. The van der Waals surface area contributed by atoms with Crippen LogP contribution in [0.25, 0.3) is 11.0 Å². The van der Waals surface area contributed by atoms with Crippen LogP contribution in [0, 0.1) is 11.8 Å². The van der Waals surface area contributed by atoms with Gasteiger partial charge in [0.15, 0.2) is 0 Å². The van der Waals surface area contributed by atoms with Crippen molar-refractivity contribution in [3.8, 4) is 11.8 Å². The molecule has 0 unspecified atom stereocenters. The Balaban J connectivity index is 1.96. The topological polar surface area (TPSA) is 96.7 Å². The number of H-pyrrole nitrogens is 1. The summed E-state index contributed by atoms with van der Waals surface area (Å²) in [4.78, 5) is 22.2. The van der Waals surface area contributed by atoms with E-state index in [0.717, 1.165) is 11.1 Å². The molecule has 6 nitrogen and oxygen atoms in total. The molecule has 0 radical (unpaired) electrons. The van der Waals surface area contributed by atoms with Crippen molar-refractivity contribution in [2.45, 2.75) is 6.92 Å². The molecule has 0 aliphatic rings. The van der Waals surface area contributed by atoms with Gasteiger partial charge in [-0.3, -0.25) is 4.79 Å². The molecule has 108 valence electrons. The van der Waals surface area contributed by atoms with Gasteiger partial charge in [0.25, 0.3) is 0 Å². The van der Waals surface area contributed by atoms with Crippen LogP contribution in [0.1, 0.15) is 18.1 Å². The van der Waals surface area contributed by atoms with E-state index in [0.29, 0.717) is 22.5 Å². The lowest BCUT2D eigenvalue weighted by Gasteiger charge is -2.01. The third-order valence-electron chi connectivity index (χ3n) is 3.02. The first-order valence-corrected chi connectivity index (χ1v) is 6.61. The number of fused-ring (bicyclic) bond motifs is 1. The van der Waals surface area contributed by atoms with Gasteiger partial charge in [-0.15, -0.1) is 0 Å². The van der Waals surface area contributed by atoms with Gasteiger partial charge >= 0.3 is 0 Å². The van der Waals surface area contributed by atoms with E-state index in [1.54, 1.807) is 6.20 Å². The quantitative estimate of drug-likeness (QED) is 0.596. The monoisotopic (exact) mass is 291 g/mol. The highest BCUT2D eigenvalue weighted by Crippen LogP contribution is 2.20. The van der Waals surface area contributed by atoms with Gasteiger partial charge in [-0.05, 0) is 18.2 Å². The lowest BCUT2D eigenvalue weighted by molar-refractivity contribution is -0.114. The standard InChI is InChI=1S/C16H13N5O/c1-10(22)21-13-4-2-3-11(7-13)5-6-12-8-18-16-14(12)15(17)19-9-20-16/h2-4,7-9H,1H3,(H,21,22)(H3,17,18,19,20). The molecule has 0 fully saturated rings. The summed E-state index contributed by atoms with van der Waals surface area (Å²) in [5.41, 5.74) is 8.75. The largest absolute Gasteiger partial charge is 0.383 e. The van der Waals surface area contributed by atoms with E-state index in [9.17, 15) is 4.79 Å². The highest BCUT2D eigenvalue weighted by atomic mass is 16.1. The SMILES string of the molecule is CC(=O)Nc1cccc(C#Cc2c[nH]c3ncnc(N)c23)c1. The first-order chi connectivity index (χ1) is 10.6. The number of carbonyl (C=O) groups excluding carboxylic acids is 1. The summed E-state index contributed by atoms with van der Waals surface area (Å²) >= 11 is 0. The van der Waals surface area contributed by atoms with Crippen molar-refractivity contribution in [3.05, 3.63) is 47.9 Å². The maximum absolute atomic E-state index is 11.1. The lowest BCUT2D eigenvalue weighted by atomic mass is 10.1. The molecule has 2 aromatic heterocycles. The average molecular weight is 291 g/mol. The number of anilines is 2. The Hall–Kier alpha value is -3.33. The molecule has 6 heteroatoms. The van der Waals surface area contributed by atoms with Crippen LogP contribution in [0.4, 0.5) is 11.5 Å². The van der Waals surface area contributed by atoms with Gasteiger partial charge in [0.2, 0.25) is 5.91 Å². The van der Waals surface area contributed by atoms with Crippen molar-refractivity contribution in [1.82, 2.24) is 15.0 Å². The van der Waals surface area contributed by atoms with Crippen molar-refractivity contribution >= 4 is 28.4 Å². The van der Waals surface area contributed by atoms with Gasteiger partial charge in [0.1, 0.15) is 17.8 Å². The molecule has 0 atom stereocenters. The fraction of sp³-hybridized carbons (Fsp3) is 0.0625. The molecule has 0 saturated heterocycles. The van der Waals surface area contributed by atoms with Gasteiger partial charge in [0, 0.05) is 24.4 Å². The van der Waals surface area contributed by atoms with E-state index in [4.69, 9.17) is 5.73 Å². The van der Waals surface area contributed by atoms with E-state index in [2.05, 4.69) is 32.1 Å². The van der Waals surface area contributed by atoms with Gasteiger partial charge in [-0.25, -0.2) is 9.97 Å². The third kappa shape index (κ3) is 2.74. The summed E-state index contributed by atoms with van der Waals surface area (Å²) in [6.07, 6.45) is 3.16. The minimum Gasteiger partial charge on any atom is -0.383 e. The Kier molecular flexibility index (Phi) is 3.46. The number of rotatable bonds is 1. The predicted octanol–water partition coefficient (Wildman–Crippen LogP) is 1.90. The average Bonchev–Trinajstić information content (AvgIpc) is 2.89. The number of amides is 1. The normalized spacial score (nSPS) is 10.0. The van der Waals surface area contributed by atoms with Crippen molar-refractivity contribution in [1.29, 1.82) is 0 Å². The van der Waals surface area contributed by atoms with Crippen LogP contribution in [-0.4, -0.2) is 20.9 Å². The Labute approximate surface area is 126 Å². The van der Waals surface area contributed by atoms with E-state index < -0.39 is 0 Å². The zero-order valence-electron chi connectivity index (χ0n) is 11.8. The first-order valence-electron chi connectivity index (χ1n) is 6.61. The van der Waals surface area contributed by atoms with Crippen molar-refractivity contribution in [2.24, 2.45) is 0 Å². The van der Waals surface area contributed by atoms with Crippen molar-refractivity contribution in [2.75, 3.05) is 11.1 Å². The second-order valence-corrected chi connectivity index (χ2v) is 4.70. The van der Waals surface area contributed by atoms with Crippen LogP contribution in [0.5, 0.6) is 0 Å². The number of nitrogen functional groups attached to an aromatic ring is 1. The number of hydrogen-bond donors (Lipinski definition) is 3. The number of carbonyl (C=O) groups is 1. The molecular weight excluding hydrogens is 278 g/mol. The van der Waals surface area contributed by atoms with E-state index in [1.807, 2.05) is 24.3 Å². The Morgan fingerprint density at radius 2 is 2.18 bits per heavy atom. The summed E-state index contributed by atoms with van der Waals surface area (Å²) in [6.45, 7) is 1.47. The lowest BCUT2D eigenvalue weighted by Crippen LogP contribution is -2.05. The van der Waals surface area contributed by atoms with Crippen LogP contribution >= 0.6 is 0 Å². The molecule has 1 amide bonds. The molecule has 3 aromatic rings. The second kappa shape index (κ2) is 5.58. The van der Waals surface area contributed by atoms with Crippen LogP contribution in [-0.2, 0) is 4.79 Å². The summed E-state index contributed by atoms with van der Waals surface area (Å²) in [5, 5.41) is 3.44. The summed E-state index contributed by atoms with van der Waals surface area (Å²) in [5.74, 6) is 6.37. The van der Waals surface area contributed by atoms with Crippen LogP contribution < -0.4 is 11.1 Å². The molecule has 4 N–H and O–H groups in total. The van der Waals surface area contributed by atoms with Crippen LogP contribution in [0.15, 0.2) is 36.8 Å². The fourth-order valence-corrected chi connectivity index (χ4v) is 2.10. The Bertz CT molecular complexity index is 917. The molecule has 1 aromatic carbocycles. The van der Waals surface area contributed by atoms with Gasteiger partial charge < -0.3 is 16.0 Å². The molecule has 0 saturated carbocycles. The minimum atomic E-state index is -0.119. The molecule has 22 heavy (non-hydrogen) atoms. The Morgan fingerprint density at radius 3 is 3.00 bits per heavy atom. The van der Waals surface area contributed by atoms with Gasteiger partial charge in [-0.2, -0.15) is 0 Å². The number of nitrogens with two attached hydrogens (primary N) is 1. The number of nitrogens with one attached hydrogen (secondary N) is 2. The number of nitrogens with zero attached hydrogens (tertiary/aromatic N) is 2. The second-order valence-electron chi connectivity index (χ2n) is 4.70. The van der Waals surface area contributed by atoms with E-state index >= 15 is 0 Å². The van der Waals surface area contributed by atoms with Gasteiger partial charge in [-0.1, -0.05) is 17.9 Å². The molecule has 2 heterocycles. The maximum Gasteiger partial charge on any atom is 0.221 e. The molecule has 0 aliphatic carbocycles.